The van der Waals surface area contributed by atoms with Crippen molar-refractivity contribution in [3.63, 3.8) is 0 Å². The van der Waals surface area contributed by atoms with Gasteiger partial charge in [0.25, 0.3) is 0 Å². The number of rotatable bonds is 5. The van der Waals surface area contributed by atoms with Crippen LogP contribution in [0.15, 0.2) is 30.3 Å². The Hall–Kier alpha value is -2.45. The summed E-state index contributed by atoms with van der Waals surface area (Å²) in [4.78, 5) is 23.1. The number of hydrogen-bond donors (Lipinski definition) is 1. The van der Waals surface area contributed by atoms with Crippen molar-refractivity contribution in [3.05, 3.63) is 30.3 Å². The molecule has 0 aliphatic rings. The van der Waals surface area contributed by atoms with E-state index in [1.54, 1.807) is 6.07 Å². The Labute approximate surface area is 124 Å². The van der Waals surface area contributed by atoms with E-state index >= 15 is 0 Å². The van der Waals surface area contributed by atoms with E-state index in [1.165, 1.54) is 36.5 Å². The highest BCUT2D eigenvalue weighted by atomic mass is 19.4. The second kappa shape index (κ2) is 7.01. The molecule has 0 spiro atoms. The highest BCUT2D eigenvalue weighted by Gasteiger charge is 2.66. The van der Waals surface area contributed by atoms with Gasteiger partial charge in [0.1, 0.15) is 5.75 Å². The van der Waals surface area contributed by atoms with Crippen molar-refractivity contribution in [1.82, 2.24) is 5.32 Å². The van der Waals surface area contributed by atoms with Crippen molar-refractivity contribution in [3.8, 4) is 5.75 Å². The molecule has 6 nitrogen and oxygen atoms in total. The molecule has 0 heterocycles. The number of ether oxygens (including phenoxy) is 3. The number of carbonyl (C=O) groups is 2. The van der Waals surface area contributed by atoms with Crippen LogP contribution in [0.5, 0.6) is 5.75 Å². The third-order valence-electron chi connectivity index (χ3n) is 2.44. The van der Waals surface area contributed by atoms with Gasteiger partial charge in [0.05, 0.1) is 13.7 Å². The molecule has 0 fully saturated rings. The summed E-state index contributed by atoms with van der Waals surface area (Å²) in [5, 5.41) is 1.39. The maximum atomic E-state index is 13.4. The molecule has 0 aliphatic carbocycles. The summed E-state index contributed by atoms with van der Waals surface area (Å²) in [6.45, 7) is 1.21. The van der Waals surface area contributed by atoms with Crippen molar-refractivity contribution in [1.29, 1.82) is 0 Å². The van der Waals surface area contributed by atoms with E-state index in [1.807, 2.05) is 0 Å². The van der Waals surface area contributed by atoms with Gasteiger partial charge in [-0.2, -0.15) is 13.2 Å². The number of benzene rings is 1. The number of halogens is 3. The Morgan fingerprint density at radius 1 is 1.18 bits per heavy atom. The monoisotopic (exact) mass is 321 g/mol. The van der Waals surface area contributed by atoms with Crippen LogP contribution >= 0.6 is 0 Å². The van der Waals surface area contributed by atoms with Crippen LogP contribution in [0.25, 0.3) is 0 Å². The summed E-state index contributed by atoms with van der Waals surface area (Å²) in [7, 11) is 0.740. The van der Waals surface area contributed by atoms with Crippen LogP contribution in [-0.4, -0.2) is 37.7 Å². The molecule has 1 rings (SSSR count). The summed E-state index contributed by atoms with van der Waals surface area (Å²) in [6.07, 6.45) is -6.76. The predicted molar refractivity (Wildman–Crippen MR) is 68.0 cm³/mol. The number of hydrogen-bond acceptors (Lipinski definition) is 5. The van der Waals surface area contributed by atoms with E-state index in [0.29, 0.717) is 0 Å². The second-order valence-electron chi connectivity index (χ2n) is 3.93. The maximum absolute atomic E-state index is 13.4. The molecular formula is C13H14F3NO5. The lowest BCUT2D eigenvalue weighted by Gasteiger charge is -2.33. The van der Waals surface area contributed by atoms with E-state index in [9.17, 15) is 22.8 Å². The second-order valence-corrected chi connectivity index (χ2v) is 3.93. The Balaban J connectivity index is 3.26. The SMILES string of the molecule is CCOC(=O)NC(Oc1ccccc1)(C(=O)OC)C(F)(F)F. The van der Waals surface area contributed by atoms with E-state index in [4.69, 9.17) is 4.74 Å². The van der Waals surface area contributed by atoms with Crippen molar-refractivity contribution >= 4 is 12.1 Å². The number of alkyl halides is 3. The fraction of sp³-hybridized carbons (Fsp3) is 0.385. The van der Waals surface area contributed by atoms with Crippen LogP contribution in [0.3, 0.4) is 0 Å². The topological polar surface area (TPSA) is 73.9 Å². The number of methoxy groups -OCH3 is 1. The van der Waals surface area contributed by atoms with E-state index < -0.39 is 24.0 Å². The smallest absolute Gasteiger partial charge is 0.461 e. The average Bonchev–Trinajstić information content (AvgIpc) is 2.45. The van der Waals surface area contributed by atoms with Gasteiger partial charge < -0.3 is 14.2 Å². The summed E-state index contributed by atoms with van der Waals surface area (Å²) in [5.41, 5.74) is -3.71. The summed E-state index contributed by atoms with van der Waals surface area (Å²) >= 11 is 0. The minimum atomic E-state index is -5.29. The fourth-order valence-corrected chi connectivity index (χ4v) is 1.48. The van der Waals surface area contributed by atoms with Crippen LogP contribution in [0.4, 0.5) is 18.0 Å². The number of esters is 1. The first-order chi connectivity index (χ1) is 10.3. The van der Waals surface area contributed by atoms with Crippen molar-refractivity contribution in [2.75, 3.05) is 13.7 Å². The molecule has 0 radical (unpaired) electrons. The Bertz CT molecular complexity index is 520. The number of amides is 1. The van der Waals surface area contributed by atoms with E-state index in [0.717, 1.165) is 7.11 Å². The van der Waals surface area contributed by atoms with E-state index in [2.05, 4.69) is 9.47 Å². The minimum Gasteiger partial charge on any atom is -0.464 e. The third-order valence-corrected chi connectivity index (χ3v) is 2.44. The molecule has 1 atom stereocenters. The van der Waals surface area contributed by atoms with Gasteiger partial charge in [0.15, 0.2) is 0 Å². The van der Waals surface area contributed by atoms with Crippen molar-refractivity contribution in [2.24, 2.45) is 0 Å². The first-order valence-corrected chi connectivity index (χ1v) is 6.11. The third kappa shape index (κ3) is 3.80. The van der Waals surface area contributed by atoms with Gasteiger partial charge in [-0.3, -0.25) is 5.32 Å². The lowest BCUT2D eigenvalue weighted by Crippen LogP contribution is -2.68. The van der Waals surface area contributed by atoms with Crippen LogP contribution in [0.1, 0.15) is 6.92 Å². The van der Waals surface area contributed by atoms with E-state index in [-0.39, 0.29) is 12.4 Å². The first-order valence-electron chi connectivity index (χ1n) is 6.11. The molecule has 1 amide bonds. The van der Waals surface area contributed by atoms with Crippen LogP contribution < -0.4 is 10.1 Å². The van der Waals surface area contributed by atoms with Crippen molar-refractivity contribution in [2.45, 2.75) is 18.8 Å². The molecule has 0 bridgehead atoms. The molecule has 0 saturated heterocycles. The van der Waals surface area contributed by atoms with Gasteiger partial charge in [-0.05, 0) is 19.1 Å². The summed E-state index contributed by atoms with van der Waals surface area (Å²) in [6, 6.07) is 6.72. The molecule has 1 unspecified atom stereocenters. The Morgan fingerprint density at radius 2 is 1.77 bits per heavy atom. The molecule has 1 N–H and O–H groups in total. The largest absolute Gasteiger partial charge is 0.464 e. The highest BCUT2D eigenvalue weighted by Crippen LogP contribution is 2.34. The molecule has 22 heavy (non-hydrogen) atoms. The lowest BCUT2D eigenvalue weighted by molar-refractivity contribution is -0.259. The van der Waals surface area contributed by atoms with Gasteiger partial charge in [-0.15, -0.1) is 0 Å². The molecule has 0 aromatic heterocycles. The summed E-state index contributed by atoms with van der Waals surface area (Å²) in [5.74, 6) is -2.13. The quantitative estimate of drug-likeness (QED) is 0.665. The minimum absolute atomic E-state index is 0.188. The average molecular weight is 321 g/mol. The normalized spacial score (nSPS) is 13.7. The zero-order valence-corrected chi connectivity index (χ0v) is 11.8. The highest BCUT2D eigenvalue weighted by molar-refractivity contribution is 5.85. The number of nitrogens with one attached hydrogen (secondary N) is 1. The summed E-state index contributed by atoms with van der Waals surface area (Å²) < 4.78 is 53.5. The Morgan fingerprint density at radius 3 is 2.23 bits per heavy atom. The first kappa shape index (κ1) is 17.6. The van der Waals surface area contributed by atoms with Crippen LogP contribution in [0, 0.1) is 0 Å². The predicted octanol–water partition coefficient (Wildman–Crippen LogP) is 2.24. The molecular weight excluding hydrogens is 307 g/mol. The number of para-hydroxylation sites is 1. The molecule has 122 valence electrons. The number of carbonyl (C=O) groups excluding carboxylic acids is 2. The van der Waals surface area contributed by atoms with Gasteiger partial charge >= 0.3 is 24.0 Å². The fourth-order valence-electron chi connectivity index (χ4n) is 1.48. The van der Waals surface area contributed by atoms with Crippen LogP contribution in [0.2, 0.25) is 0 Å². The van der Waals surface area contributed by atoms with Gasteiger partial charge in [0.2, 0.25) is 0 Å². The standard InChI is InChI=1S/C13H14F3NO5/c1-3-21-11(19)17-12(10(18)20-2,13(14,15)16)22-9-7-5-4-6-8-9/h4-8H,3H2,1-2H3,(H,17,19). The molecule has 1 aromatic rings. The maximum Gasteiger partial charge on any atom is 0.461 e. The molecule has 1 aromatic carbocycles. The van der Waals surface area contributed by atoms with Crippen molar-refractivity contribution < 1.29 is 37.0 Å². The molecule has 0 saturated carbocycles. The Kier molecular flexibility index (Phi) is 5.61. The molecule has 9 heteroatoms. The number of alkyl carbamates (subject to hydrolysis) is 1. The van der Waals surface area contributed by atoms with Gasteiger partial charge in [0, 0.05) is 0 Å². The lowest BCUT2D eigenvalue weighted by atomic mass is 10.2. The zero-order chi connectivity index (χ0) is 16.8. The van der Waals surface area contributed by atoms with Crippen LogP contribution in [-0.2, 0) is 14.3 Å². The van der Waals surface area contributed by atoms with Gasteiger partial charge in [-0.1, -0.05) is 18.2 Å². The molecule has 0 aliphatic heterocycles. The van der Waals surface area contributed by atoms with Gasteiger partial charge in [-0.25, -0.2) is 9.59 Å². The zero-order valence-electron chi connectivity index (χ0n) is 11.8.